The number of benzene rings is 2. The van der Waals surface area contributed by atoms with Crippen molar-refractivity contribution >= 4 is 6.03 Å². The Bertz CT molecular complexity index is 748. The minimum absolute atomic E-state index is 0.130. The van der Waals surface area contributed by atoms with Crippen molar-refractivity contribution in [1.82, 2.24) is 10.2 Å². The Labute approximate surface area is 147 Å². The number of amides is 2. The Morgan fingerprint density at radius 1 is 1.12 bits per heavy atom. The van der Waals surface area contributed by atoms with Crippen molar-refractivity contribution < 1.29 is 19.0 Å². The number of ether oxygens (including phenoxy) is 3. The van der Waals surface area contributed by atoms with Crippen LogP contribution in [-0.4, -0.2) is 31.9 Å². The van der Waals surface area contributed by atoms with Crippen LogP contribution < -0.4 is 14.8 Å². The van der Waals surface area contributed by atoms with Crippen LogP contribution >= 0.6 is 0 Å². The van der Waals surface area contributed by atoms with E-state index in [0.717, 1.165) is 28.2 Å². The van der Waals surface area contributed by atoms with Gasteiger partial charge in [-0.2, -0.15) is 0 Å². The zero-order chi connectivity index (χ0) is 17.6. The van der Waals surface area contributed by atoms with Crippen LogP contribution in [0, 0.1) is 0 Å². The van der Waals surface area contributed by atoms with E-state index in [0.29, 0.717) is 19.7 Å². The first-order valence-corrected chi connectivity index (χ1v) is 8.10. The predicted octanol–water partition coefficient (Wildman–Crippen LogP) is 2.90. The van der Waals surface area contributed by atoms with Crippen LogP contribution in [0.1, 0.15) is 16.7 Å². The van der Waals surface area contributed by atoms with Crippen LogP contribution in [0.5, 0.6) is 11.5 Å². The molecule has 0 atom stereocenters. The van der Waals surface area contributed by atoms with Crippen molar-refractivity contribution in [3.05, 3.63) is 59.2 Å². The number of rotatable bonds is 6. The number of hydrogen-bond donors (Lipinski definition) is 1. The number of hydrogen-bond acceptors (Lipinski definition) is 4. The van der Waals surface area contributed by atoms with Crippen LogP contribution in [0.3, 0.4) is 0 Å². The lowest BCUT2D eigenvalue weighted by Crippen LogP contribution is -2.36. The fraction of sp³-hybridized carbons (Fsp3) is 0.316. The molecule has 3 rings (SSSR count). The van der Waals surface area contributed by atoms with E-state index in [-0.39, 0.29) is 12.8 Å². The SMILES string of the molecule is COCc1cccc(CNC(=O)N(C)Cc2ccc3c(c2)OCO3)c1. The van der Waals surface area contributed by atoms with E-state index in [4.69, 9.17) is 14.2 Å². The van der Waals surface area contributed by atoms with Gasteiger partial charge in [0, 0.05) is 27.2 Å². The van der Waals surface area contributed by atoms with Gasteiger partial charge in [0.2, 0.25) is 6.79 Å². The second kappa shape index (κ2) is 7.90. The maximum atomic E-state index is 12.3. The van der Waals surface area contributed by atoms with E-state index in [1.54, 1.807) is 19.1 Å². The molecule has 0 fully saturated rings. The molecule has 1 N–H and O–H groups in total. The summed E-state index contributed by atoms with van der Waals surface area (Å²) in [5.41, 5.74) is 3.12. The number of urea groups is 1. The van der Waals surface area contributed by atoms with Gasteiger partial charge < -0.3 is 24.4 Å². The second-order valence-electron chi connectivity index (χ2n) is 5.96. The van der Waals surface area contributed by atoms with Crippen molar-refractivity contribution in [2.45, 2.75) is 19.7 Å². The van der Waals surface area contributed by atoms with Crippen LogP contribution in [0.15, 0.2) is 42.5 Å². The molecular weight excluding hydrogens is 320 g/mol. The molecule has 1 aliphatic heterocycles. The van der Waals surface area contributed by atoms with Gasteiger partial charge in [-0.15, -0.1) is 0 Å². The molecule has 1 aliphatic rings. The normalized spacial score (nSPS) is 12.1. The zero-order valence-corrected chi connectivity index (χ0v) is 14.5. The van der Waals surface area contributed by atoms with E-state index < -0.39 is 0 Å². The van der Waals surface area contributed by atoms with E-state index in [1.807, 2.05) is 42.5 Å². The van der Waals surface area contributed by atoms with E-state index in [9.17, 15) is 4.79 Å². The topological polar surface area (TPSA) is 60.0 Å². The summed E-state index contributed by atoms with van der Waals surface area (Å²) in [6.45, 7) is 1.77. The van der Waals surface area contributed by atoms with Gasteiger partial charge in [-0.3, -0.25) is 0 Å². The number of nitrogens with zero attached hydrogens (tertiary/aromatic N) is 1. The Morgan fingerprint density at radius 2 is 1.92 bits per heavy atom. The van der Waals surface area contributed by atoms with Crippen molar-refractivity contribution in [3.63, 3.8) is 0 Å². The van der Waals surface area contributed by atoms with Gasteiger partial charge in [-0.1, -0.05) is 30.3 Å². The molecular formula is C19H22N2O4. The lowest BCUT2D eigenvalue weighted by atomic mass is 10.1. The minimum Gasteiger partial charge on any atom is -0.454 e. The molecule has 0 bridgehead atoms. The summed E-state index contributed by atoms with van der Waals surface area (Å²) in [4.78, 5) is 13.9. The molecule has 2 aromatic carbocycles. The molecule has 0 unspecified atom stereocenters. The fourth-order valence-electron chi connectivity index (χ4n) is 2.69. The third-order valence-electron chi connectivity index (χ3n) is 3.95. The van der Waals surface area contributed by atoms with Gasteiger partial charge in [0.15, 0.2) is 11.5 Å². The Morgan fingerprint density at radius 3 is 2.76 bits per heavy atom. The first kappa shape index (κ1) is 17.1. The Kier molecular flexibility index (Phi) is 5.40. The molecule has 0 aliphatic carbocycles. The first-order valence-electron chi connectivity index (χ1n) is 8.10. The predicted molar refractivity (Wildman–Crippen MR) is 93.4 cm³/mol. The van der Waals surface area contributed by atoms with Crippen molar-refractivity contribution in [2.75, 3.05) is 21.0 Å². The highest BCUT2D eigenvalue weighted by Gasteiger charge is 2.15. The molecule has 6 nitrogen and oxygen atoms in total. The van der Waals surface area contributed by atoms with E-state index >= 15 is 0 Å². The third kappa shape index (κ3) is 4.42. The monoisotopic (exact) mass is 342 g/mol. The summed E-state index contributed by atoms with van der Waals surface area (Å²) in [5, 5.41) is 2.93. The average molecular weight is 342 g/mol. The number of carbonyl (C=O) groups excluding carboxylic acids is 1. The van der Waals surface area contributed by atoms with Gasteiger partial charge in [-0.05, 0) is 28.8 Å². The molecule has 2 aromatic rings. The summed E-state index contributed by atoms with van der Waals surface area (Å²) in [6, 6.07) is 13.6. The summed E-state index contributed by atoms with van der Waals surface area (Å²) in [7, 11) is 3.43. The fourth-order valence-corrected chi connectivity index (χ4v) is 2.69. The molecule has 25 heavy (non-hydrogen) atoms. The molecule has 1 heterocycles. The van der Waals surface area contributed by atoms with Crippen molar-refractivity contribution in [2.24, 2.45) is 0 Å². The number of methoxy groups -OCH3 is 1. The van der Waals surface area contributed by atoms with Crippen molar-refractivity contribution in [1.29, 1.82) is 0 Å². The van der Waals surface area contributed by atoms with Crippen LogP contribution in [0.4, 0.5) is 4.79 Å². The summed E-state index contributed by atoms with van der Waals surface area (Å²) in [6.07, 6.45) is 0. The molecule has 0 spiro atoms. The maximum absolute atomic E-state index is 12.3. The Hall–Kier alpha value is -2.73. The van der Waals surface area contributed by atoms with E-state index in [1.165, 1.54) is 0 Å². The van der Waals surface area contributed by atoms with E-state index in [2.05, 4.69) is 5.32 Å². The lowest BCUT2D eigenvalue weighted by molar-refractivity contribution is 0.174. The largest absolute Gasteiger partial charge is 0.454 e. The van der Waals surface area contributed by atoms with Gasteiger partial charge in [0.25, 0.3) is 0 Å². The number of carbonyl (C=O) groups is 1. The molecule has 132 valence electrons. The highest BCUT2D eigenvalue weighted by atomic mass is 16.7. The Balaban J connectivity index is 1.53. The van der Waals surface area contributed by atoms with Crippen LogP contribution in [-0.2, 0) is 24.4 Å². The molecule has 0 saturated carbocycles. The number of fused-ring (bicyclic) bond motifs is 1. The zero-order valence-electron chi connectivity index (χ0n) is 14.5. The van der Waals surface area contributed by atoms with Crippen LogP contribution in [0.2, 0.25) is 0 Å². The van der Waals surface area contributed by atoms with Gasteiger partial charge in [0.05, 0.1) is 6.61 Å². The smallest absolute Gasteiger partial charge is 0.317 e. The van der Waals surface area contributed by atoms with Crippen LogP contribution in [0.25, 0.3) is 0 Å². The molecule has 0 radical (unpaired) electrons. The highest BCUT2D eigenvalue weighted by molar-refractivity contribution is 5.73. The molecule has 6 heteroatoms. The lowest BCUT2D eigenvalue weighted by Gasteiger charge is -2.18. The third-order valence-corrected chi connectivity index (χ3v) is 3.95. The minimum atomic E-state index is -0.130. The first-order chi connectivity index (χ1) is 12.2. The molecule has 0 saturated heterocycles. The van der Waals surface area contributed by atoms with Gasteiger partial charge >= 0.3 is 6.03 Å². The van der Waals surface area contributed by atoms with Gasteiger partial charge in [0.1, 0.15) is 0 Å². The quantitative estimate of drug-likeness (QED) is 0.877. The highest BCUT2D eigenvalue weighted by Crippen LogP contribution is 2.32. The summed E-state index contributed by atoms with van der Waals surface area (Å²) in [5.74, 6) is 1.47. The summed E-state index contributed by atoms with van der Waals surface area (Å²) < 4.78 is 15.8. The molecule has 0 aromatic heterocycles. The van der Waals surface area contributed by atoms with Crippen molar-refractivity contribution in [3.8, 4) is 11.5 Å². The average Bonchev–Trinajstić information content (AvgIpc) is 3.08. The second-order valence-corrected chi connectivity index (χ2v) is 5.96. The maximum Gasteiger partial charge on any atom is 0.317 e. The number of nitrogens with one attached hydrogen (secondary N) is 1. The summed E-state index contributed by atoms with van der Waals surface area (Å²) >= 11 is 0. The van der Waals surface area contributed by atoms with Gasteiger partial charge in [-0.25, -0.2) is 4.79 Å². The standard InChI is InChI=1S/C19H22N2O4/c1-21(11-15-6-7-17-18(9-15)25-13-24-17)19(22)20-10-14-4-3-5-16(8-14)12-23-2/h3-9H,10-13H2,1-2H3,(H,20,22). The molecule has 2 amide bonds.